The van der Waals surface area contributed by atoms with Crippen LogP contribution in [0.3, 0.4) is 0 Å². The van der Waals surface area contributed by atoms with Crippen LogP contribution >= 0.6 is 19.8 Å². The van der Waals surface area contributed by atoms with E-state index in [1.54, 1.807) is 0 Å². The van der Waals surface area contributed by atoms with Gasteiger partial charge in [-0.15, -0.1) is 0 Å². The molecule has 0 heterocycles. The molecule has 8 heteroatoms. The highest BCUT2D eigenvalue weighted by Gasteiger charge is 2.41. The molecule has 0 saturated heterocycles. The number of carboxylic acids is 1. The zero-order valence-corrected chi connectivity index (χ0v) is 13.0. The van der Waals surface area contributed by atoms with Gasteiger partial charge in [-0.25, -0.2) is 4.79 Å². The standard InChI is InChI=1S/C11H22NO5PS/c1-3-5-7-16-18(15,17-8-6-4-2)10(11(13)14)12-9-19/h9-10H,3-8H2,1-2H3,(H,12,19)(H,13,14). The van der Waals surface area contributed by atoms with E-state index in [1.165, 1.54) is 0 Å². The Morgan fingerprint density at radius 3 is 2.11 bits per heavy atom. The average molecular weight is 311 g/mol. The molecule has 0 aromatic carbocycles. The molecule has 0 aliphatic carbocycles. The first-order valence-corrected chi connectivity index (χ1v) is 8.41. The van der Waals surface area contributed by atoms with Crippen molar-refractivity contribution >= 4 is 31.3 Å². The number of carboxylic acid groups (broad SMARTS) is 1. The highest BCUT2D eigenvalue weighted by molar-refractivity contribution is 7.78. The molecule has 0 spiro atoms. The highest BCUT2D eigenvalue weighted by atomic mass is 32.1. The van der Waals surface area contributed by atoms with Crippen molar-refractivity contribution in [3.8, 4) is 0 Å². The summed E-state index contributed by atoms with van der Waals surface area (Å²) >= 11 is 4.56. The lowest BCUT2D eigenvalue weighted by Crippen LogP contribution is -2.36. The van der Waals surface area contributed by atoms with Crippen LogP contribution in [0.15, 0.2) is 0 Å². The Balaban J connectivity index is 4.81. The number of unbranched alkanes of at least 4 members (excludes halogenated alkanes) is 2. The maximum atomic E-state index is 12.5. The van der Waals surface area contributed by atoms with Crippen LogP contribution in [-0.2, 0) is 18.4 Å². The van der Waals surface area contributed by atoms with E-state index in [2.05, 4.69) is 17.5 Å². The van der Waals surface area contributed by atoms with Crippen LogP contribution < -0.4 is 5.32 Å². The minimum Gasteiger partial charge on any atom is -0.479 e. The van der Waals surface area contributed by atoms with Gasteiger partial charge in [0.2, 0.25) is 5.78 Å². The normalized spacial score (nSPS) is 12.9. The van der Waals surface area contributed by atoms with Gasteiger partial charge < -0.3 is 19.5 Å². The fraction of sp³-hybridized carbons (Fsp3) is 0.818. The van der Waals surface area contributed by atoms with E-state index in [-0.39, 0.29) is 13.2 Å². The number of aliphatic carboxylic acids is 1. The van der Waals surface area contributed by atoms with Gasteiger partial charge in [0.25, 0.3) is 0 Å². The van der Waals surface area contributed by atoms with Crippen LogP contribution in [-0.4, -0.2) is 35.6 Å². The van der Waals surface area contributed by atoms with E-state index >= 15 is 0 Å². The van der Waals surface area contributed by atoms with Gasteiger partial charge in [0.1, 0.15) is 0 Å². The van der Waals surface area contributed by atoms with Crippen molar-refractivity contribution in [2.24, 2.45) is 0 Å². The molecule has 0 aliphatic heterocycles. The van der Waals surface area contributed by atoms with Gasteiger partial charge >= 0.3 is 13.6 Å². The smallest absolute Gasteiger partial charge is 0.364 e. The summed E-state index contributed by atoms with van der Waals surface area (Å²) in [7, 11) is -3.77. The summed E-state index contributed by atoms with van der Waals surface area (Å²) < 4.78 is 23.0. The molecule has 0 aromatic heterocycles. The van der Waals surface area contributed by atoms with E-state index in [4.69, 9.17) is 14.2 Å². The topological polar surface area (TPSA) is 84.9 Å². The molecule has 0 bridgehead atoms. The number of rotatable bonds is 12. The summed E-state index contributed by atoms with van der Waals surface area (Å²) in [6.45, 7) is 4.30. The highest BCUT2D eigenvalue weighted by Crippen LogP contribution is 2.52. The fourth-order valence-corrected chi connectivity index (χ4v) is 3.13. The molecule has 1 atom stereocenters. The lowest BCUT2D eigenvalue weighted by Gasteiger charge is -2.24. The van der Waals surface area contributed by atoms with Gasteiger partial charge in [0.05, 0.1) is 18.7 Å². The minimum absolute atomic E-state index is 0.197. The van der Waals surface area contributed by atoms with Gasteiger partial charge in [-0.3, -0.25) is 4.57 Å². The monoisotopic (exact) mass is 311 g/mol. The van der Waals surface area contributed by atoms with Gasteiger partial charge in [-0.1, -0.05) is 38.9 Å². The Labute approximate surface area is 119 Å². The summed E-state index contributed by atoms with van der Waals surface area (Å²) in [4.78, 5) is 11.1. The van der Waals surface area contributed by atoms with E-state index < -0.39 is 19.3 Å². The van der Waals surface area contributed by atoms with Crippen molar-refractivity contribution in [2.75, 3.05) is 13.2 Å². The Morgan fingerprint density at radius 1 is 1.32 bits per heavy atom. The first-order valence-electron chi connectivity index (χ1n) is 6.33. The number of hydrogen-bond acceptors (Lipinski definition) is 5. The summed E-state index contributed by atoms with van der Waals surface area (Å²) in [5.41, 5.74) is 1.01. The Morgan fingerprint density at radius 2 is 1.79 bits per heavy atom. The summed E-state index contributed by atoms with van der Waals surface area (Å²) in [6, 6.07) is 0. The molecule has 6 nitrogen and oxygen atoms in total. The quantitative estimate of drug-likeness (QED) is 0.325. The molecule has 1 unspecified atom stereocenters. The fourth-order valence-electron chi connectivity index (χ4n) is 1.22. The van der Waals surface area contributed by atoms with Crippen LogP contribution in [0, 0.1) is 0 Å². The third-order valence-electron chi connectivity index (χ3n) is 2.31. The van der Waals surface area contributed by atoms with Crippen molar-refractivity contribution in [3.05, 3.63) is 0 Å². The predicted molar refractivity (Wildman–Crippen MR) is 77.5 cm³/mol. The van der Waals surface area contributed by atoms with Crippen LogP contribution in [0.4, 0.5) is 0 Å². The molecular weight excluding hydrogens is 289 g/mol. The number of nitrogens with one attached hydrogen (secondary N) is 1. The third kappa shape index (κ3) is 7.01. The zero-order valence-electron chi connectivity index (χ0n) is 11.3. The van der Waals surface area contributed by atoms with Crippen molar-refractivity contribution in [1.29, 1.82) is 0 Å². The van der Waals surface area contributed by atoms with Gasteiger partial charge in [0, 0.05) is 0 Å². The number of hydrogen-bond donors (Lipinski definition) is 2. The molecule has 19 heavy (non-hydrogen) atoms. The van der Waals surface area contributed by atoms with Crippen molar-refractivity contribution in [1.82, 2.24) is 5.32 Å². The third-order valence-corrected chi connectivity index (χ3v) is 4.54. The van der Waals surface area contributed by atoms with Gasteiger partial charge in [-0.05, 0) is 12.8 Å². The van der Waals surface area contributed by atoms with E-state index in [0.717, 1.165) is 18.3 Å². The van der Waals surface area contributed by atoms with Gasteiger partial charge in [0.15, 0.2) is 0 Å². The van der Waals surface area contributed by atoms with Crippen LogP contribution in [0.2, 0.25) is 0 Å². The van der Waals surface area contributed by atoms with E-state index in [9.17, 15) is 9.36 Å². The molecule has 0 saturated carbocycles. The molecule has 0 rings (SSSR count). The molecule has 0 aromatic rings. The molecule has 0 fully saturated rings. The van der Waals surface area contributed by atoms with E-state index in [1.807, 2.05) is 13.8 Å². The second-order valence-electron chi connectivity index (χ2n) is 3.94. The molecule has 112 valence electrons. The van der Waals surface area contributed by atoms with E-state index in [0.29, 0.717) is 12.8 Å². The Hall–Kier alpha value is -0.490. The largest absolute Gasteiger partial charge is 0.479 e. The minimum atomic E-state index is -3.77. The maximum absolute atomic E-state index is 12.5. The summed E-state index contributed by atoms with van der Waals surface area (Å²) in [6.07, 6.45) is 3.08. The Kier molecular flexibility index (Phi) is 10.0. The predicted octanol–water partition coefficient (Wildman–Crippen LogP) is 2.77. The van der Waals surface area contributed by atoms with Crippen molar-refractivity contribution < 1.29 is 23.5 Å². The first-order chi connectivity index (χ1) is 9.01. The summed E-state index contributed by atoms with van der Waals surface area (Å²) in [5.74, 6) is -2.77. The molecule has 0 amide bonds. The molecule has 0 radical (unpaired) electrons. The summed E-state index contributed by atoms with van der Waals surface area (Å²) in [5, 5.41) is 11.4. The second-order valence-corrected chi connectivity index (χ2v) is 6.29. The van der Waals surface area contributed by atoms with Crippen LogP contribution in [0.1, 0.15) is 39.5 Å². The van der Waals surface area contributed by atoms with Gasteiger partial charge in [-0.2, -0.15) is 0 Å². The first kappa shape index (κ1) is 18.5. The van der Waals surface area contributed by atoms with Crippen molar-refractivity contribution in [2.45, 2.75) is 45.3 Å². The number of thiocarbonyl (C=S) groups is 1. The van der Waals surface area contributed by atoms with Crippen LogP contribution in [0.25, 0.3) is 0 Å². The van der Waals surface area contributed by atoms with Crippen LogP contribution in [0.5, 0.6) is 0 Å². The van der Waals surface area contributed by atoms with Crippen molar-refractivity contribution in [3.63, 3.8) is 0 Å². The lowest BCUT2D eigenvalue weighted by molar-refractivity contribution is -0.137. The lowest BCUT2D eigenvalue weighted by atomic mass is 10.4. The average Bonchev–Trinajstić information content (AvgIpc) is 2.36. The molecule has 0 aliphatic rings. The maximum Gasteiger partial charge on any atom is 0.364 e. The Bertz CT molecular complexity index is 312. The molecule has 2 N–H and O–H groups in total. The zero-order chi connectivity index (χ0) is 14.7. The second kappa shape index (κ2) is 10.3. The SMILES string of the molecule is CCCCOP(=O)(OCCCC)C(NC=S)C(=O)O. The number of carbonyl (C=O) groups is 1. The molecular formula is C11H22NO5PS.